The molecule has 0 aromatic heterocycles. The molecule has 0 saturated carbocycles. The van der Waals surface area contributed by atoms with Crippen LogP contribution in [0.2, 0.25) is 0 Å². The Labute approximate surface area is 82.3 Å². The number of urea groups is 1. The first-order chi connectivity index (χ1) is 6.74. The lowest BCUT2D eigenvalue weighted by Gasteiger charge is -2.32. The third-order valence-electron chi connectivity index (χ3n) is 2.47. The highest BCUT2D eigenvalue weighted by Gasteiger charge is 2.34. The standard InChI is InChI=1S/C10H12N2O2/c1-2-12-9(13)7-5-3-4-6-8(7)11-10(12)14/h4-6,8H,2-3H2,1H3,(H,11,14). The fraction of sp³-hybridized carbons (Fsp3) is 0.400. The first kappa shape index (κ1) is 8.99. The van der Waals surface area contributed by atoms with Crippen LogP contribution >= 0.6 is 0 Å². The van der Waals surface area contributed by atoms with E-state index in [-0.39, 0.29) is 18.0 Å². The molecule has 14 heavy (non-hydrogen) atoms. The second-order valence-electron chi connectivity index (χ2n) is 3.30. The second kappa shape index (κ2) is 3.29. The maximum Gasteiger partial charge on any atom is 0.325 e. The van der Waals surface area contributed by atoms with Crippen LogP contribution in [-0.4, -0.2) is 29.4 Å². The van der Waals surface area contributed by atoms with Gasteiger partial charge in [-0.15, -0.1) is 0 Å². The van der Waals surface area contributed by atoms with E-state index in [1.165, 1.54) is 4.90 Å². The van der Waals surface area contributed by atoms with Gasteiger partial charge in [0.1, 0.15) is 0 Å². The number of allylic oxidation sites excluding steroid dienone is 2. The smallest absolute Gasteiger partial charge is 0.325 e. The van der Waals surface area contributed by atoms with E-state index < -0.39 is 0 Å². The average molecular weight is 192 g/mol. The van der Waals surface area contributed by atoms with Gasteiger partial charge in [0.25, 0.3) is 5.91 Å². The summed E-state index contributed by atoms with van der Waals surface area (Å²) in [7, 11) is 0. The molecule has 2 rings (SSSR count). The third kappa shape index (κ3) is 1.23. The van der Waals surface area contributed by atoms with E-state index in [4.69, 9.17) is 0 Å². The number of carbonyl (C=O) groups is 2. The van der Waals surface area contributed by atoms with Gasteiger partial charge < -0.3 is 5.32 Å². The minimum absolute atomic E-state index is 0.161. The molecular weight excluding hydrogens is 180 g/mol. The van der Waals surface area contributed by atoms with Gasteiger partial charge >= 0.3 is 6.03 Å². The van der Waals surface area contributed by atoms with Crippen LogP contribution in [0.5, 0.6) is 0 Å². The van der Waals surface area contributed by atoms with Crippen LogP contribution < -0.4 is 5.32 Å². The highest BCUT2D eigenvalue weighted by Crippen LogP contribution is 2.19. The zero-order chi connectivity index (χ0) is 10.1. The maximum atomic E-state index is 11.8. The van der Waals surface area contributed by atoms with E-state index in [9.17, 15) is 9.59 Å². The summed E-state index contributed by atoms with van der Waals surface area (Å²) >= 11 is 0. The summed E-state index contributed by atoms with van der Waals surface area (Å²) in [6.45, 7) is 2.20. The largest absolute Gasteiger partial charge is 0.327 e. The lowest BCUT2D eigenvalue weighted by atomic mass is 9.97. The summed E-state index contributed by atoms with van der Waals surface area (Å²) in [5.41, 5.74) is 0.689. The molecule has 1 saturated heterocycles. The Bertz CT molecular complexity index is 344. The van der Waals surface area contributed by atoms with Crippen molar-refractivity contribution in [1.29, 1.82) is 0 Å². The highest BCUT2D eigenvalue weighted by atomic mass is 16.2. The number of carbonyl (C=O) groups excluding carboxylic acids is 2. The van der Waals surface area contributed by atoms with Crippen molar-refractivity contribution in [2.75, 3.05) is 6.54 Å². The Balaban J connectivity index is 2.30. The molecule has 2 aliphatic rings. The van der Waals surface area contributed by atoms with Crippen molar-refractivity contribution in [2.45, 2.75) is 19.4 Å². The lowest BCUT2D eigenvalue weighted by molar-refractivity contribution is -0.125. The predicted octanol–water partition coefficient (Wildman–Crippen LogP) is 0.813. The average Bonchev–Trinajstić information content (AvgIpc) is 2.18. The molecule has 4 heteroatoms. The van der Waals surface area contributed by atoms with Crippen LogP contribution in [0.15, 0.2) is 23.8 Å². The van der Waals surface area contributed by atoms with Gasteiger partial charge in [0.15, 0.2) is 0 Å². The van der Waals surface area contributed by atoms with Crippen molar-refractivity contribution in [3.05, 3.63) is 23.8 Å². The molecule has 74 valence electrons. The van der Waals surface area contributed by atoms with E-state index in [0.717, 1.165) is 6.42 Å². The molecule has 4 nitrogen and oxygen atoms in total. The molecule has 0 aromatic rings. The van der Waals surface area contributed by atoms with E-state index in [0.29, 0.717) is 12.1 Å². The van der Waals surface area contributed by atoms with Crippen LogP contribution in [0.1, 0.15) is 13.3 Å². The lowest BCUT2D eigenvalue weighted by Crippen LogP contribution is -2.55. The van der Waals surface area contributed by atoms with Crippen molar-refractivity contribution in [2.24, 2.45) is 0 Å². The normalized spacial score (nSPS) is 25.6. The summed E-state index contributed by atoms with van der Waals surface area (Å²) in [6, 6.07) is -0.516. The summed E-state index contributed by atoms with van der Waals surface area (Å²) in [6.07, 6.45) is 6.45. The second-order valence-corrected chi connectivity index (χ2v) is 3.30. The Morgan fingerprint density at radius 1 is 1.57 bits per heavy atom. The van der Waals surface area contributed by atoms with E-state index >= 15 is 0 Å². The number of nitrogens with one attached hydrogen (secondary N) is 1. The molecular formula is C10H12N2O2. The number of likely N-dealkylation sites (N-methyl/N-ethyl adjacent to an activating group) is 1. The van der Waals surface area contributed by atoms with Crippen LogP contribution in [0.3, 0.4) is 0 Å². The van der Waals surface area contributed by atoms with Gasteiger partial charge in [0.05, 0.1) is 6.04 Å². The van der Waals surface area contributed by atoms with Crippen LogP contribution in [-0.2, 0) is 4.79 Å². The van der Waals surface area contributed by atoms with Crippen molar-refractivity contribution in [3.8, 4) is 0 Å². The molecule has 0 radical (unpaired) electrons. The molecule has 1 atom stereocenters. The molecule has 1 aliphatic heterocycles. The van der Waals surface area contributed by atoms with Gasteiger partial charge in [-0.05, 0) is 13.3 Å². The number of hydrogen-bond acceptors (Lipinski definition) is 2. The van der Waals surface area contributed by atoms with Gasteiger partial charge in [-0.25, -0.2) is 4.79 Å². The van der Waals surface area contributed by atoms with Crippen LogP contribution in [0.4, 0.5) is 4.79 Å². The zero-order valence-corrected chi connectivity index (χ0v) is 7.99. The summed E-state index contributed by atoms with van der Waals surface area (Å²) in [5, 5.41) is 2.76. The molecule has 1 N–H and O–H groups in total. The number of rotatable bonds is 1. The number of nitrogens with zero attached hydrogens (tertiary/aromatic N) is 1. The fourth-order valence-corrected chi connectivity index (χ4v) is 1.73. The first-order valence-electron chi connectivity index (χ1n) is 4.73. The van der Waals surface area contributed by atoms with Crippen LogP contribution in [0, 0.1) is 0 Å². The number of fused-ring (bicyclic) bond motifs is 1. The van der Waals surface area contributed by atoms with E-state index in [1.54, 1.807) is 6.92 Å². The van der Waals surface area contributed by atoms with Gasteiger partial charge in [-0.1, -0.05) is 18.2 Å². The molecule has 1 heterocycles. The summed E-state index contributed by atoms with van der Waals surface area (Å²) < 4.78 is 0. The Hall–Kier alpha value is -1.58. The third-order valence-corrected chi connectivity index (χ3v) is 2.47. The van der Waals surface area contributed by atoms with Gasteiger partial charge in [-0.3, -0.25) is 9.69 Å². The van der Waals surface area contributed by atoms with E-state index in [1.807, 2.05) is 18.2 Å². The Morgan fingerprint density at radius 3 is 3.07 bits per heavy atom. The quantitative estimate of drug-likeness (QED) is 0.625. The first-order valence-corrected chi connectivity index (χ1v) is 4.73. The zero-order valence-electron chi connectivity index (χ0n) is 7.99. The Morgan fingerprint density at radius 2 is 2.36 bits per heavy atom. The molecule has 3 amide bonds. The summed E-state index contributed by atoms with van der Waals surface area (Å²) in [4.78, 5) is 24.4. The molecule has 1 fully saturated rings. The van der Waals surface area contributed by atoms with Crippen molar-refractivity contribution in [1.82, 2.24) is 10.2 Å². The molecule has 1 unspecified atom stereocenters. The number of amides is 3. The highest BCUT2D eigenvalue weighted by molar-refractivity contribution is 6.08. The molecule has 1 aliphatic carbocycles. The van der Waals surface area contributed by atoms with Crippen molar-refractivity contribution < 1.29 is 9.59 Å². The van der Waals surface area contributed by atoms with Gasteiger partial charge in [0.2, 0.25) is 0 Å². The summed E-state index contributed by atoms with van der Waals surface area (Å²) in [5.74, 6) is -0.161. The number of hydrogen-bond donors (Lipinski definition) is 1. The van der Waals surface area contributed by atoms with E-state index in [2.05, 4.69) is 5.32 Å². The molecule has 0 bridgehead atoms. The monoisotopic (exact) mass is 192 g/mol. The minimum atomic E-state index is -0.300. The van der Waals surface area contributed by atoms with Gasteiger partial charge in [-0.2, -0.15) is 0 Å². The van der Waals surface area contributed by atoms with Gasteiger partial charge in [0, 0.05) is 12.1 Å². The maximum absolute atomic E-state index is 11.8. The predicted molar refractivity (Wildman–Crippen MR) is 51.5 cm³/mol. The van der Waals surface area contributed by atoms with Crippen molar-refractivity contribution >= 4 is 11.9 Å². The number of imide groups is 1. The fourth-order valence-electron chi connectivity index (χ4n) is 1.73. The topological polar surface area (TPSA) is 49.4 Å². The van der Waals surface area contributed by atoms with Crippen LogP contribution in [0.25, 0.3) is 0 Å². The molecule has 0 aromatic carbocycles. The molecule has 0 spiro atoms. The minimum Gasteiger partial charge on any atom is -0.327 e. The SMILES string of the molecule is CCN1C(=O)NC2C=CCC=C2C1=O. The van der Waals surface area contributed by atoms with Crippen molar-refractivity contribution in [3.63, 3.8) is 0 Å². The Kier molecular flexibility index (Phi) is 2.11.